The third-order valence-electron chi connectivity index (χ3n) is 5.67. The quantitative estimate of drug-likeness (QED) is 0.872. The van der Waals surface area contributed by atoms with Gasteiger partial charge in [-0.3, -0.25) is 14.5 Å². The molecule has 0 saturated carbocycles. The fraction of sp³-hybridized carbons (Fsp3) is 0.304. The van der Waals surface area contributed by atoms with Crippen molar-refractivity contribution >= 4 is 28.9 Å². The molecule has 2 heterocycles. The van der Waals surface area contributed by atoms with Crippen LogP contribution in [0.2, 0.25) is 0 Å². The molecular formula is C23H26N4O2. The van der Waals surface area contributed by atoms with E-state index in [1.807, 2.05) is 30.3 Å². The van der Waals surface area contributed by atoms with Gasteiger partial charge >= 0.3 is 0 Å². The average Bonchev–Trinajstić information content (AvgIpc) is 2.94. The van der Waals surface area contributed by atoms with Gasteiger partial charge in [-0.25, -0.2) is 0 Å². The molecule has 0 aliphatic carbocycles. The van der Waals surface area contributed by atoms with Gasteiger partial charge in [0.1, 0.15) is 6.54 Å². The second kappa shape index (κ2) is 7.72. The van der Waals surface area contributed by atoms with Crippen LogP contribution in [0.4, 0.5) is 11.4 Å². The molecule has 0 atom stereocenters. The van der Waals surface area contributed by atoms with E-state index in [4.69, 9.17) is 0 Å². The van der Waals surface area contributed by atoms with Crippen molar-refractivity contribution in [3.8, 4) is 0 Å². The molecule has 0 bridgehead atoms. The summed E-state index contributed by atoms with van der Waals surface area (Å²) in [6, 6.07) is 13.3. The number of amides is 2. The second-order valence-corrected chi connectivity index (χ2v) is 7.72. The monoisotopic (exact) mass is 390 g/mol. The SMILES string of the molecule is C=C1c2ccccc2C(=O)N1CC(=O)Nc1ccc(N2CCN(C)CC2)c(C)c1. The van der Waals surface area contributed by atoms with Crippen LogP contribution < -0.4 is 10.2 Å². The fourth-order valence-electron chi connectivity index (χ4n) is 3.98. The highest BCUT2D eigenvalue weighted by Gasteiger charge is 2.31. The Morgan fingerprint density at radius 2 is 1.76 bits per heavy atom. The molecule has 2 aliphatic heterocycles. The minimum absolute atomic E-state index is 0.0500. The van der Waals surface area contributed by atoms with Crippen LogP contribution >= 0.6 is 0 Å². The number of piperazine rings is 1. The van der Waals surface area contributed by atoms with Crippen molar-refractivity contribution in [2.75, 3.05) is 50.0 Å². The van der Waals surface area contributed by atoms with E-state index in [1.54, 1.807) is 6.07 Å². The van der Waals surface area contributed by atoms with Crippen molar-refractivity contribution in [2.45, 2.75) is 6.92 Å². The Kier molecular flexibility index (Phi) is 5.11. The lowest BCUT2D eigenvalue weighted by atomic mass is 10.1. The van der Waals surface area contributed by atoms with E-state index < -0.39 is 0 Å². The van der Waals surface area contributed by atoms with E-state index in [-0.39, 0.29) is 18.4 Å². The van der Waals surface area contributed by atoms with Crippen LogP contribution in [0.5, 0.6) is 0 Å². The Morgan fingerprint density at radius 1 is 1.07 bits per heavy atom. The highest BCUT2D eigenvalue weighted by atomic mass is 16.2. The predicted molar refractivity (Wildman–Crippen MR) is 116 cm³/mol. The average molecular weight is 390 g/mol. The Bertz CT molecular complexity index is 942. The van der Waals surface area contributed by atoms with Crippen molar-refractivity contribution < 1.29 is 9.59 Å². The topological polar surface area (TPSA) is 55.9 Å². The van der Waals surface area contributed by atoms with Crippen LogP contribution in [0, 0.1) is 6.92 Å². The molecule has 2 aliphatic rings. The highest BCUT2D eigenvalue weighted by Crippen LogP contribution is 2.31. The van der Waals surface area contributed by atoms with Crippen molar-refractivity contribution in [3.63, 3.8) is 0 Å². The summed E-state index contributed by atoms with van der Waals surface area (Å²) in [5.41, 5.74) is 5.02. The lowest BCUT2D eigenvalue weighted by molar-refractivity contribution is -0.116. The zero-order chi connectivity index (χ0) is 20.5. The third kappa shape index (κ3) is 3.76. The molecule has 2 aromatic carbocycles. The highest BCUT2D eigenvalue weighted by molar-refractivity contribution is 6.11. The number of hydrogen-bond donors (Lipinski definition) is 1. The smallest absolute Gasteiger partial charge is 0.259 e. The molecule has 0 radical (unpaired) electrons. The minimum Gasteiger partial charge on any atom is -0.369 e. The Morgan fingerprint density at radius 3 is 2.41 bits per heavy atom. The van der Waals surface area contributed by atoms with Crippen LogP contribution in [-0.2, 0) is 4.79 Å². The number of carbonyl (C=O) groups excluding carboxylic acids is 2. The summed E-state index contributed by atoms with van der Waals surface area (Å²) in [6.07, 6.45) is 0. The van der Waals surface area contributed by atoms with Crippen LogP contribution in [0.3, 0.4) is 0 Å². The van der Waals surface area contributed by atoms with Gasteiger partial charge in [0.15, 0.2) is 0 Å². The number of anilines is 2. The number of nitrogens with zero attached hydrogens (tertiary/aromatic N) is 3. The summed E-state index contributed by atoms with van der Waals surface area (Å²) in [6.45, 7) is 10.1. The summed E-state index contributed by atoms with van der Waals surface area (Å²) in [4.78, 5) is 31.3. The number of benzene rings is 2. The van der Waals surface area contributed by atoms with Crippen molar-refractivity contribution in [3.05, 3.63) is 65.7 Å². The van der Waals surface area contributed by atoms with E-state index in [0.29, 0.717) is 11.3 Å². The molecule has 6 heteroatoms. The molecule has 1 N–H and O–H groups in total. The number of fused-ring (bicyclic) bond motifs is 1. The number of carbonyl (C=O) groups is 2. The van der Waals surface area contributed by atoms with Crippen LogP contribution in [-0.4, -0.2) is 61.4 Å². The van der Waals surface area contributed by atoms with Gasteiger partial charge in [0.25, 0.3) is 5.91 Å². The summed E-state index contributed by atoms with van der Waals surface area (Å²) in [7, 11) is 2.14. The van der Waals surface area contributed by atoms with Gasteiger partial charge in [0.2, 0.25) is 5.91 Å². The van der Waals surface area contributed by atoms with E-state index >= 15 is 0 Å². The lowest BCUT2D eigenvalue weighted by Gasteiger charge is -2.35. The first-order chi connectivity index (χ1) is 13.9. The van der Waals surface area contributed by atoms with Crippen LogP contribution in [0.1, 0.15) is 21.5 Å². The summed E-state index contributed by atoms with van der Waals surface area (Å²) >= 11 is 0. The van der Waals surface area contributed by atoms with Crippen molar-refractivity contribution in [2.24, 2.45) is 0 Å². The normalized spacial score (nSPS) is 16.9. The molecule has 4 rings (SSSR count). The fourth-order valence-corrected chi connectivity index (χ4v) is 3.98. The van der Waals surface area contributed by atoms with Gasteiger partial charge < -0.3 is 15.1 Å². The number of hydrogen-bond acceptors (Lipinski definition) is 4. The maximum absolute atomic E-state index is 12.6. The first-order valence-corrected chi connectivity index (χ1v) is 9.88. The molecule has 29 heavy (non-hydrogen) atoms. The van der Waals surface area contributed by atoms with Gasteiger partial charge in [0, 0.05) is 54.4 Å². The second-order valence-electron chi connectivity index (χ2n) is 7.72. The molecule has 6 nitrogen and oxygen atoms in total. The number of rotatable bonds is 4. The lowest BCUT2D eigenvalue weighted by Crippen LogP contribution is -2.44. The van der Waals surface area contributed by atoms with Crippen LogP contribution in [0.15, 0.2) is 49.0 Å². The zero-order valence-electron chi connectivity index (χ0n) is 16.9. The molecule has 2 aromatic rings. The van der Waals surface area contributed by atoms with Crippen LogP contribution in [0.25, 0.3) is 5.70 Å². The molecule has 1 saturated heterocycles. The van der Waals surface area contributed by atoms with Gasteiger partial charge in [-0.15, -0.1) is 0 Å². The van der Waals surface area contributed by atoms with E-state index in [9.17, 15) is 9.59 Å². The summed E-state index contributed by atoms with van der Waals surface area (Å²) in [5.74, 6) is -0.415. The summed E-state index contributed by atoms with van der Waals surface area (Å²) in [5, 5.41) is 2.91. The van der Waals surface area contributed by atoms with E-state index in [1.165, 1.54) is 10.6 Å². The van der Waals surface area contributed by atoms with E-state index in [2.05, 4.69) is 41.7 Å². The minimum atomic E-state index is -0.237. The molecular weight excluding hydrogens is 364 g/mol. The molecule has 0 unspecified atom stereocenters. The number of likely N-dealkylation sites (N-methyl/N-ethyl adjacent to an activating group) is 1. The molecule has 1 fully saturated rings. The van der Waals surface area contributed by atoms with Gasteiger partial charge in [-0.1, -0.05) is 24.8 Å². The van der Waals surface area contributed by atoms with Gasteiger partial charge in [-0.05, 0) is 43.8 Å². The standard InChI is InChI=1S/C23H26N4O2/c1-16-14-18(8-9-21(16)26-12-10-25(3)11-13-26)24-22(28)15-27-17(2)19-6-4-5-7-20(19)23(27)29/h4-9,14H,2,10-13,15H2,1,3H3,(H,24,28). The Balaban J connectivity index is 1.41. The number of nitrogens with one attached hydrogen (secondary N) is 1. The van der Waals surface area contributed by atoms with Crippen molar-refractivity contribution in [1.82, 2.24) is 9.80 Å². The van der Waals surface area contributed by atoms with E-state index in [0.717, 1.165) is 43.0 Å². The zero-order valence-corrected chi connectivity index (χ0v) is 16.9. The number of aryl methyl sites for hydroxylation is 1. The Labute approximate surface area is 171 Å². The Hall–Kier alpha value is -3.12. The molecule has 0 spiro atoms. The predicted octanol–water partition coefficient (Wildman–Crippen LogP) is 2.81. The molecule has 0 aromatic heterocycles. The first-order valence-electron chi connectivity index (χ1n) is 9.88. The molecule has 2 amide bonds. The van der Waals surface area contributed by atoms with Gasteiger partial charge in [-0.2, -0.15) is 0 Å². The largest absolute Gasteiger partial charge is 0.369 e. The third-order valence-corrected chi connectivity index (χ3v) is 5.67. The van der Waals surface area contributed by atoms with Gasteiger partial charge in [0.05, 0.1) is 0 Å². The summed E-state index contributed by atoms with van der Waals surface area (Å²) < 4.78 is 0. The van der Waals surface area contributed by atoms with Crippen molar-refractivity contribution in [1.29, 1.82) is 0 Å². The first kappa shape index (κ1) is 19.2. The maximum atomic E-state index is 12.6. The maximum Gasteiger partial charge on any atom is 0.259 e. The molecule has 150 valence electrons.